The highest BCUT2D eigenvalue weighted by molar-refractivity contribution is 5.74. The first-order valence-electron chi connectivity index (χ1n) is 9.86. The van der Waals surface area contributed by atoms with Crippen molar-refractivity contribution in [2.45, 2.75) is 32.1 Å². The molecule has 2 saturated heterocycles. The summed E-state index contributed by atoms with van der Waals surface area (Å²) in [6.07, 6.45) is 5.91. The summed E-state index contributed by atoms with van der Waals surface area (Å²) in [4.78, 5) is 14.2. The van der Waals surface area contributed by atoms with E-state index in [1.807, 2.05) is 0 Å². The van der Waals surface area contributed by atoms with Gasteiger partial charge in [0.1, 0.15) is 0 Å². The quantitative estimate of drug-likeness (QED) is 0.758. The van der Waals surface area contributed by atoms with Crippen LogP contribution < -0.4 is 10.2 Å². The van der Waals surface area contributed by atoms with Crippen LogP contribution in [-0.4, -0.2) is 78.7 Å². The first-order valence-corrected chi connectivity index (χ1v) is 9.86. The number of nitrogens with zero attached hydrogens (tertiary/aromatic N) is 6. The van der Waals surface area contributed by atoms with Gasteiger partial charge in [-0.15, -0.1) is 0 Å². The van der Waals surface area contributed by atoms with E-state index in [2.05, 4.69) is 37.5 Å². The Hall–Kier alpha value is -2.00. The Morgan fingerprint density at radius 1 is 1.11 bits per heavy atom. The molecule has 9 nitrogen and oxygen atoms in total. The minimum absolute atomic E-state index is 0.345. The second-order valence-corrected chi connectivity index (χ2v) is 7.95. The molecule has 1 unspecified atom stereocenters. The maximum Gasteiger partial charge on any atom is 0.245 e. The minimum atomic E-state index is 0.345. The molecule has 0 aliphatic carbocycles. The average molecular weight is 375 g/mol. The molecule has 1 spiro atoms. The van der Waals surface area contributed by atoms with Crippen LogP contribution in [0.2, 0.25) is 0 Å². The molecule has 2 aliphatic rings. The number of rotatable bonds is 6. The molecular weight excluding hydrogens is 346 g/mol. The van der Waals surface area contributed by atoms with Gasteiger partial charge in [0, 0.05) is 45.3 Å². The van der Waals surface area contributed by atoms with E-state index in [9.17, 15) is 0 Å². The molecule has 2 fully saturated rings. The lowest BCUT2D eigenvalue weighted by molar-refractivity contribution is 0.0908. The van der Waals surface area contributed by atoms with E-state index in [1.54, 1.807) is 7.11 Å². The standard InChI is InChI=1S/C18H29N7O2/c1-24-9-3-6-18(12-24)7-4-10-25(13-18)17-16(19-8-5-11-26-2)20-14-15(21-17)23-27-22-14/h3-13H2,1-2H3,(H,19,20,22). The van der Waals surface area contributed by atoms with Gasteiger partial charge in [-0.3, -0.25) is 0 Å². The zero-order valence-electron chi connectivity index (χ0n) is 16.3. The summed E-state index contributed by atoms with van der Waals surface area (Å²) >= 11 is 0. The average Bonchev–Trinajstić information content (AvgIpc) is 3.12. The van der Waals surface area contributed by atoms with Crippen LogP contribution in [0.5, 0.6) is 0 Å². The number of ether oxygens (including phenoxy) is 1. The van der Waals surface area contributed by atoms with Crippen LogP contribution in [0.1, 0.15) is 32.1 Å². The van der Waals surface area contributed by atoms with Gasteiger partial charge in [0.15, 0.2) is 11.6 Å². The van der Waals surface area contributed by atoms with Crippen molar-refractivity contribution >= 4 is 22.9 Å². The van der Waals surface area contributed by atoms with Crippen molar-refractivity contribution in [3.05, 3.63) is 0 Å². The van der Waals surface area contributed by atoms with E-state index >= 15 is 0 Å². The monoisotopic (exact) mass is 375 g/mol. The van der Waals surface area contributed by atoms with Crippen LogP contribution in [0.4, 0.5) is 11.6 Å². The van der Waals surface area contributed by atoms with Crippen molar-refractivity contribution in [2.24, 2.45) is 5.41 Å². The molecule has 9 heteroatoms. The van der Waals surface area contributed by atoms with Gasteiger partial charge in [0.25, 0.3) is 0 Å². The Balaban J connectivity index is 1.58. The molecule has 27 heavy (non-hydrogen) atoms. The van der Waals surface area contributed by atoms with Crippen molar-refractivity contribution in [3.63, 3.8) is 0 Å². The van der Waals surface area contributed by atoms with Crippen molar-refractivity contribution in [3.8, 4) is 0 Å². The van der Waals surface area contributed by atoms with E-state index < -0.39 is 0 Å². The fourth-order valence-corrected chi connectivity index (χ4v) is 4.57. The number of anilines is 2. The summed E-state index contributed by atoms with van der Waals surface area (Å²) in [6.45, 7) is 5.83. The fourth-order valence-electron chi connectivity index (χ4n) is 4.57. The molecule has 148 valence electrons. The molecule has 0 aromatic carbocycles. The van der Waals surface area contributed by atoms with Gasteiger partial charge in [-0.2, -0.15) is 0 Å². The molecule has 1 N–H and O–H groups in total. The van der Waals surface area contributed by atoms with E-state index in [-0.39, 0.29) is 0 Å². The Kier molecular flexibility index (Phi) is 5.40. The molecule has 0 amide bonds. The van der Waals surface area contributed by atoms with Crippen molar-refractivity contribution in [1.29, 1.82) is 0 Å². The highest BCUT2D eigenvalue weighted by Gasteiger charge is 2.39. The van der Waals surface area contributed by atoms with Crippen LogP contribution in [0.25, 0.3) is 11.3 Å². The number of piperidine rings is 2. The van der Waals surface area contributed by atoms with Crippen LogP contribution in [0.3, 0.4) is 0 Å². The number of fused-ring (bicyclic) bond motifs is 1. The van der Waals surface area contributed by atoms with E-state index in [1.165, 1.54) is 32.2 Å². The Bertz CT molecular complexity index is 763. The van der Waals surface area contributed by atoms with Crippen LogP contribution in [0.15, 0.2) is 4.63 Å². The molecule has 1 atom stereocenters. The number of likely N-dealkylation sites (tertiary alicyclic amines) is 1. The van der Waals surface area contributed by atoms with Gasteiger partial charge in [0.2, 0.25) is 11.3 Å². The van der Waals surface area contributed by atoms with Crippen molar-refractivity contribution in [1.82, 2.24) is 25.2 Å². The third-order valence-corrected chi connectivity index (χ3v) is 5.73. The zero-order chi connectivity index (χ0) is 18.7. The predicted molar refractivity (Wildman–Crippen MR) is 103 cm³/mol. The summed E-state index contributed by atoms with van der Waals surface area (Å²) in [5, 5.41) is 11.2. The third-order valence-electron chi connectivity index (χ3n) is 5.73. The van der Waals surface area contributed by atoms with E-state index in [0.29, 0.717) is 23.3 Å². The van der Waals surface area contributed by atoms with Gasteiger partial charge >= 0.3 is 0 Å². The molecule has 2 aliphatic heterocycles. The van der Waals surface area contributed by atoms with Gasteiger partial charge in [-0.1, -0.05) is 0 Å². The SMILES string of the molecule is COCCCNc1nc2nonc2nc1N1CCCC2(CCCN(C)C2)C1. The van der Waals surface area contributed by atoms with Gasteiger partial charge in [0.05, 0.1) is 0 Å². The summed E-state index contributed by atoms with van der Waals surface area (Å²) in [5.41, 5.74) is 1.25. The number of nitrogens with one attached hydrogen (secondary N) is 1. The lowest BCUT2D eigenvalue weighted by atomic mass is 9.74. The van der Waals surface area contributed by atoms with E-state index in [4.69, 9.17) is 14.3 Å². The molecule has 2 aromatic heterocycles. The largest absolute Gasteiger partial charge is 0.385 e. The van der Waals surface area contributed by atoms with Crippen molar-refractivity contribution < 1.29 is 9.37 Å². The van der Waals surface area contributed by atoms with Crippen LogP contribution >= 0.6 is 0 Å². The van der Waals surface area contributed by atoms with Crippen LogP contribution in [-0.2, 0) is 4.74 Å². The Morgan fingerprint density at radius 3 is 2.67 bits per heavy atom. The zero-order valence-corrected chi connectivity index (χ0v) is 16.3. The third kappa shape index (κ3) is 3.98. The van der Waals surface area contributed by atoms with Crippen molar-refractivity contribution in [2.75, 3.05) is 63.7 Å². The lowest BCUT2D eigenvalue weighted by Gasteiger charge is -2.48. The smallest absolute Gasteiger partial charge is 0.245 e. The minimum Gasteiger partial charge on any atom is -0.385 e. The molecular formula is C18H29N7O2. The fraction of sp³-hybridized carbons (Fsp3) is 0.778. The summed E-state index contributed by atoms with van der Waals surface area (Å²) < 4.78 is 9.97. The highest BCUT2D eigenvalue weighted by Crippen LogP contribution is 2.40. The summed E-state index contributed by atoms with van der Waals surface area (Å²) in [7, 11) is 3.95. The maximum atomic E-state index is 5.14. The first kappa shape index (κ1) is 18.4. The number of aromatic nitrogens is 4. The van der Waals surface area contributed by atoms with Gasteiger partial charge in [-0.25, -0.2) is 14.6 Å². The van der Waals surface area contributed by atoms with Gasteiger partial charge < -0.3 is 19.9 Å². The van der Waals surface area contributed by atoms with E-state index in [0.717, 1.165) is 44.2 Å². The molecule has 0 bridgehead atoms. The second-order valence-electron chi connectivity index (χ2n) is 7.95. The molecule has 2 aromatic rings. The lowest BCUT2D eigenvalue weighted by Crippen LogP contribution is -2.51. The molecule has 0 saturated carbocycles. The second kappa shape index (κ2) is 7.93. The maximum absolute atomic E-state index is 5.14. The highest BCUT2D eigenvalue weighted by atomic mass is 16.6. The first-order chi connectivity index (χ1) is 13.2. The molecule has 4 rings (SSSR count). The topological polar surface area (TPSA) is 92.4 Å². The normalized spacial score (nSPS) is 24.0. The predicted octanol–water partition coefficient (Wildman–Crippen LogP) is 1.77. The van der Waals surface area contributed by atoms with Crippen LogP contribution in [0, 0.1) is 5.41 Å². The number of hydrogen-bond acceptors (Lipinski definition) is 9. The summed E-state index contributed by atoms with van der Waals surface area (Å²) in [6, 6.07) is 0. The Labute approximate surface area is 159 Å². The van der Waals surface area contributed by atoms with Gasteiger partial charge in [-0.05, 0) is 56.0 Å². The molecule has 4 heterocycles. The summed E-state index contributed by atoms with van der Waals surface area (Å²) in [5.74, 6) is 1.62. The Morgan fingerprint density at radius 2 is 1.89 bits per heavy atom. The molecule has 0 radical (unpaired) electrons. The number of hydrogen-bond donors (Lipinski definition) is 1. The number of methoxy groups -OCH3 is 1.